The molecule has 0 unspecified atom stereocenters. The van der Waals surface area contributed by atoms with E-state index in [4.69, 9.17) is 44.6 Å². The maximum Gasteiger partial charge on any atom is 0.270 e. The first kappa shape index (κ1) is 23.4. The highest BCUT2D eigenvalue weighted by atomic mass is 35.5. The van der Waals surface area contributed by atoms with Gasteiger partial charge in [0.15, 0.2) is 5.11 Å². The van der Waals surface area contributed by atoms with Crippen LogP contribution < -0.4 is 15.0 Å². The van der Waals surface area contributed by atoms with Crippen LogP contribution in [0.5, 0.6) is 5.75 Å². The number of furan rings is 1. The zero-order chi connectivity index (χ0) is 24.6. The molecule has 3 aromatic rings. The fourth-order valence-corrected chi connectivity index (χ4v) is 3.91. The van der Waals surface area contributed by atoms with Crippen molar-refractivity contribution in [1.82, 2.24) is 5.32 Å². The Morgan fingerprint density at radius 2 is 1.94 bits per heavy atom. The molecule has 1 N–H and O–H groups in total. The van der Waals surface area contributed by atoms with Crippen molar-refractivity contribution in [3.05, 3.63) is 80.0 Å². The van der Waals surface area contributed by atoms with Crippen LogP contribution in [0.4, 0.5) is 11.4 Å². The smallest absolute Gasteiger partial charge is 0.270 e. The molecule has 1 saturated heterocycles. The Kier molecular flexibility index (Phi) is 6.38. The number of nitro groups is 1. The number of benzene rings is 2. The van der Waals surface area contributed by atoms with Crippen LogP contribution in [0.15, 0.2) is 58.5 Å². The average molecular weight is 518 g/mol. The standard InChI is InChI=1S/C22H13Cl2N3O6S/c1-32-17-7-5-11(27(30)31)9-13(17)18-8-6-12(33-18)10-14-20(28)25-22(34)26(21(14)29)16-4-2-3-15(23)19(16)24/h2-10H,1H3,(H,25,28,34)/b14-10+. The van der Waals surface area contributed by atoms with Gasteiger partial charge in [-0.15, -0.1) is 0 Å². The van der Waals surface area contributed by atoms with Gasteiger partial charge in [0.25, 0.3) is 17.5 Å². The second kappa shape index (κ2) is 9.26. The van der Waals surface area contributed by atoms with Gasteiger partial charge >= 0.3 is 0 Å². The number of carbonyl (C=O) groups excluding carboxylic acids is 2. The molecule has 0 aliphatic carbocycles. The Morgan fingerprint density at radius 3 is 2.65 bits per heavy atom. The molecule has 2 heterocycles. The van der Waals surface area contributed by atoms with Gasteiger partial charge in [0.2, 0.25) is 0 Å². The third-order valence-corrected chi connectivity index (χ3v) is 5.94. The molecule has 4 rings (SSSR count). The molecule has 34 heavy (non-hydrogen) atoms. The number of rotatable bonds is 5. The summed E-state index contributed by atoms with van der Waals surface area (Å²) in [7, 11) is 1.42. The van der Waals surface area contributed by atoms with E-state index in [0.717, 1.165) is 4.90 Å². The predicted molar refractivity (Wildman–Crippen MR) is 130 cm³/mol. The summed E-state index contributed by atoms with van der Waals surface area (Å²) in [5.41, 5.74) is 0.110. The normalized spacial score (nSPS) is 15.0. The predicted octanol–water partition coefficient (Wildman–Crippen LogP) is 5.00. The zero-order valence-corrected chi connectivity index (χ0v) is 19.5. The third kappa shape index (κ3) is 4.26. The maximum absolute atomic E-state index is 13.2. The van der Waals surface area contributed by atoms with E-state index in [0.29, 0.717) is 11.3 Å². The van der Waals surface area contributed by atoms with Gasteiger partial charge in [-0.05, 0) is 48.6 Å². The molecule has 2 aromatic carbocycles. The molecule has 0 saturated carbocycles. The topological polar surface area (TPSA) is 115 Å². The summed E-state index contributed by atoms with van der Waals surface area (Å²) < 4.78 is 11.0. The Bertz CT molecular complexity index is 1400. The van der Waals surface area contributed by atoms with E-state index in [9.17, 15) is 19.7 Å². The minimum atomic E-state index is -0.733. The van der Waals surface area contributed by atoms with Crippen molar-refractivity contribution in [2.75, 3.05) is 12.0 Å². The summed E-state index contributed by atoms with van der Waals surface area (Å²) in [5, 5.41) is 13.7. The number of nitro benzene ring substituents is 1. The van der Waals surface area contributed by atoms with E-state index in [1.165, 1.54) is 49.6 Å². The van der Waals surface area contributed by atoms with Gasteiger partial charge in [0.05, 0.1) is 33.3 Å². The molecule has 1 aliphatic rings. The lowest BCUT2D eigenvalue weighted by molar-refractivity contribution is -0.384. The summed E-state index contributed by atoms with van der Waals surface area (Å²) in [5.74, 6) is -0.731. The maximum atomic E-state index is 13.2. The van der Waals surface area contributed by atoms with Crippen LogP contribution in [0, 0.1) is 10.1 Å². The Labute approximate surface area is 207 Å². The minimum Gasteiger partial charge on any atom is -0.496 e. The number of hydrogen-bond donors (Lipinski definition) is 1. The van der Waals surface area contributed by atoms with E-state index in [1.54, 1.807) is 12.1 Å². The fraction of sp³-hybridized carbons (Fsp3) is 0.0455. The van der Waals surface area contributed by atoms with E-state index in [1.807, 2.05) is 0 Å². The molecule has 1 aromatic heterocycles. The molecule has 1 aliphatic heterocycles. The number of hydrogen-bond acceptors (Lipinski definition) is 7. The lowest BCUT2D eigenvalue weighted by Crippen LogP contribution is -2.54. The molecule has 0 radical (unpaired) electrons. The molecule has 0 spiro atoms. The van der Waals surface area contributed by atoms with Crippen LogP contribution in [-0.4, -0.2) is 29.0 Å². The van der Waals surface area contributed by atoms with Gasteiger partial charge in [-0.1, -0.05) is 29.3 Å². The summed E-state index contributed by atoms with van der Waals surface area (Å²) in [6, 6.07) is 11.8. The van der Waals surface area contributed by atoms with Gasteiger partial charge < -0.3 is 9.15 Å². The van der Waals surface area contributed by atoms with Crippen molar-refractivity contribution in [1.29, 1.82) is 0 Å². The first-order valence-corrected chi connectivity index (χ1v) is 10.7. The largest absolute Gasteiger partial charge is 0.496 e. The van der Waals surface area contributed by atoms with Crippen LogP contribution in [0.2, 0.25) is 10.0 Å². The van der Waals surface area contributed by atoms with Crippen molar-refractivity contribution >= 4 is 69.8 Å². The second-order valence-corrected chi connectivity index (χ2v) is 8.05. The summed E-state index contributed by atoms with van der Waals surface area (Å²) in [4.78, 5) is 37.4. The van der Waals surface area contributed by atoms with Crippen LogP contribution in [0.25, 0.3) is 17.4 Å². The van der Waals surface area contributed by atoms with Gasteiger partial charge in [-0.25, -0.2) is 0 Å². The van der Waals surface area contributed by atoms with Crippen molar-refractivity contribution in [2.45, 2.75) is 0 Å². The molecular weight excluding hydrogens is 505 g/mol. The molecular formula is C22H13Cl2N3O6S. The number of nitrogens with zero attached hydrogens (tertiary/aromatic N) is 2. The average Bonchev–Trinajstić information content (AvgIpc) is 3.27. The molecule has 9 nitrogen and oxygen atoms in total. The number of anilines is 1. The minimum absolute atomic E-state index is 0.0911. The number of thiocarbonyl (C=S) groups is 1. The number of carbonyl (C=O) groups is 2. The lowest BCUT2D eigenvalue weighted by Gasteiger charge is -2.29. The highest BCUT2D eigenvalue weighted by Crippen LogP contribution is 2.36. The third-order valence-electron chi connectivity index (χ3n) is 4.85. The highest BCUT2D eigenvalue weighted by molar-refractivity contribution is 7.80. The van der Waals surface area contributed by atoms with Gasteiger partial charge in [0.1, 0.15) is 22.8 Å². The molecule has 0 atom stereocenters. The molecule has 172 valence electrons. The lowest BCUT2D eigenvalue weighted by atomic mass is 10.1. The number of amides is 2. The highest BCUT2D eigenvalue weighted by Gasteiger charge is 2.36. The Balaban J connectivity index is 1.73. The van der Waals surface area contributed by atoms with E-state index < -0.39 is 16.7 Å². The monoisotopic (exact) mass is 517 g/mol. The Morgan fingerprint density at radius 1 is 1.18 bits per heavy atom. The molecule has 12 heteroatoms. The quantitative estimate of drug-likeness (QED) is 0.166. The van der Waals surface area contributed by atoms with Crippen LogP contribution in [0.3, 0.4) is 0 Å². The zero-order valence-electron chi connectivity index (χ0n) is 17.2. The Hall–Kier alpha value is -3.73. The number of halogens is 2. The second-order valence-electron chi connectivity index (χ2n) is 6.87. The molecule has 1 fully saturated rings. The number of non-ortho nitro benzene ring substituents is 1. The van der Waals surface area contributed by atoms with Crippen LogP contribution in [0.1, 0.15) is 5.76 Å². The van der Waals surface area contributed by atoms with Crippen molar-refractivity contribution in [3.8, 4) is 17.1 Å². The van der Waals surface area contributed by atoms with Gasteiger partial charge in [0, 0.05) is 12.1 Å². The molecule has 2 amide bonds. The summed E-state index contributed by atoms with van der Waals surface area (Å²) in [6.07, 6.45) is 1.23. The first-order chi connectivity index (χ1) is 16.2. The van der Waals surface area contributed by atoms with Crippen molar-refractivity contribution < 1.29 is 23.7 Å². The fourth-order valence-electron chi connectivity index (χ4n) is 3.26. The number of nitrogens with one attached hydrogen (secondary N) is 1. The van der Waals surface area contributed by atoms with Crippen molar-refractivity contribution in [2.24, 2.45) is 0 Å². The van der Waals surface area contributed by atoms with E-state index in [-0.39, 0.29) is 43.6 Å². The van der Waals surface area contributed by atoms with E-state index in [2.05, 4.69) is 5.32 Å². The van der Waals surface area contributed by atoms with Gasteiger partial charge in [-0.3, -0.25) is 29.9 Å². The van der Waals surface area contributed by atoms with Crippen LogP contribution in [-0.2, 0) is 9.59 Å². The van der Waals surface area contributed by atoms with E-state index >= 15 is 0 Å². The SMILES string of the molecule is COc1ccc([N+](=O)[O-])cc1-c1ccc(/C=C2\C(=O)NC(=S)N(c3cccc(Cl)c3Cl)C2=O)o1. The van der Waals surface area contributed by atoms with Gasteiger partial charge in [-0.2, -0.15) is 0 Å². The number of methoxy groups -OCH3 is 1. The van der Waals surface area contributed by atoms with Crippen molar-refractivity contribution in [3.63, 3.8) is 0 Å². The van der Waals surface area contributed by atoms with Crippen LogP contribution >= 0.6 is 35.4 Å². The molecule has 0 bridgehead atoms. The summed E-state index contributed by atoms with van der Waals surface area (Å²) >= 11 is 17.5. The first-order valence-electron chi connectivity index (χ1n) is 9.49. The number of ether oxygens (including phenoxy) is 1. The summed E-state index contributed by atoms with van der Waals surface area (Å²) in [6.45, 7) is 0.